The number of hydrogen-bond acceptors (Lipinski definition) is 3. The molecule has 5 heteroatoms. The zero-order chi connectivity index (χ0) is 12.2. The van der Waals surface area contributed by atoms with Crippen molar-refractivity contribution in [2.75, 3.05) is 12.0 Å². The smallest absolute Gasteiger partial charge is 0.225 e. The molecular weight excluding hydrogens is 242 g/mol. The summed E-state index contributed by atoms with van der Waals surface area (Å²) in [4.78, 5) is 0. The van der Waals surface area contributed by atoms with Gasteiger partial charge in [-0.25, -0.2) is 0 Å². The molecule has 0 N–H and O–H groups in total. The lowest BCUT2D eigenvalue weighted by Gasteiger charge is -2.18. The van der Waals surface area contributed by atoms with E-state index in [1.165, 1.54) is 12.2 Å². The molecule has 0 aromatic carbocycles. The van der Waals surface area contributed by atoms with E-state index in [0.717, 1.165) is 18.8 Å². The lowest BCUT2D eigenvalue weighted by molar-refractivity contribution is 0.488. The van der Waals surface area contributed by atoms with Crippen LogP contribution in [0.25, 0.3) is 0 Å². The van der Waals surface area contributed by atoms with Gasteiger partial charge in [0.2, 0.25) is 5.28 Å². The molecular formula is C11H20ClN3S. The van der Waals surface area contributed by atoms with E-state index < -0.39 is 0 Å². The van der Waals surface area contributed by atoms with Gasteiger partial charge in [-0.05, 0) is 36.5 Å². The van der Waals surface area contributed by atoms with Crippen molar-refractivity contribution >= 4 is 23.4 Å². The molecule has 1 aromatic rings. The predicted molar refractivity (Wildman–Crippen MR) is 71.3 cm³/mol. The first kappa shape index (κ1) is 13.8. The van der Waals surface area contributed by atoms with Crippen molar-refractivity contribution in [3.8, 4) is 0 Å². The molecule has 0 aliphatic carbocycles. The van der Waals surface area contributed by atoms with E-state index in [0.29, 0.717) is 5.28 Å². The number of halogens is 1. The summed E-state index contributed by atoms with van der Waals surface area (Å²) >= 11 is 7.93. The molecule has 0 aliphatic rings. The van der Waals surface area contributed by atoms with Gasteiger partial charge in [0.05, 0.1) is 0 Å². The number of thioether (sulfide) groups is 1. The molecule has 16 heavy (non-hydrogen) atoms. The molecule has 0 radical (unpaired) electrons. The van der Waals surface area contributed by atoms with Crippen molar-refractivity contribution < 1.29 is 0 Å². The highest BCUT2D eigenvalue weighted by molar-refractivity contribution is 7.98. The van der Waals surface area contributed by atoms with E-state index in [-0.39, 0.29) is 5.41 Å². The Bertz CT molecular complexity index is 330. The average molecular weight is 262 g/mol. The Balaban J connectivity index is 2.67. The Morgan fingerprint density at radius 3 is 2.50 bits per heavy atom. The number of rotatable bonds is 5. The molecule has 1 heterocycles. The first-order chi connectivity index (χ1) is 7.46. The summed E-state index contributed by atoms with van der Waals surface area (Å²) in [7, 11) is 0. The van der Waals surface area contributed by atoms with Gasteiger partial charge in [0.1, 0.15) is 5.82 Å². The van der Waals surface area contributed by atoms with Gasteiger partial charge in [-0.3, -0.25) is 0 Å². The minimum absolute atomic E-state index is 0.000351. The fourth-order valence-electron chi connectivity index (χ4n) is 1.55. The Morgan fingerprint density at radius 1 is 1.25 bits per heavy atom. The quantitative estimate of drug-likeness (QED) is 0.762. The molecule has 0 atom stereocenters. The van der Waals surface area contributed by atoms with Crippen molar-refractivity contribution in [1.82, 2.24) is 14.8 Å². The molecule has 0 unspecified atom stereocenters. The minimum Gasteiger partial charge on any atom is -0.301 e. The summed E-state index contributed by atoms with van der Waals surface area (Å²) in [6, 6.07) is 0. The first-order valence-corrected chi connectivity index (χ1v) is 7.32. The van der Waals surface area contributed by atoms with Gasteiger partial charge in [0.15, 0.2) is 0 Å². The average Bonchev–Trinajstić information content (AvgIpc) is 2.54. The van der Waals surface area contributed by atoms with Crippen LogP contribution < -0.4 is 0 Å². The van der Waals surface area contributed by atoms with Crippen LogP contribution >= 0.6 is 23.4 Å². The standard InChI is InChI=1S/C11H20ClN3S/c1-11(2,3)9-13-14-10(12)15(9)7-5-6-8-16-4/h5-8H2,1-4H3. The van der Waals surface area contributed by atoms with Crippen LogP contribution in [0.2, 0.25) is 5.28 Å². The van der Waals surface area contributed by atoms with Crippen molar-refractivity contribution in [2.45, 2.75) is 45.6 Å². The monoisotopic (exact) mass is 261 g/mol. The summed E-state index contributed by atoms with van der Waals surface area (Å²) in [5.41, 5.74) is -0.000351. The summed E-state index contributed by atoms with van der Waals surface area (Å²) < 4.78 is 2.03. The Hall–Kier alpha value is -0.220. The molecule has 0 spiro atoms. The van der Waals surface area contributed by atoms with Crippen LogP contribution in [0.4, 0.5) is 0 Å². The topological polar surface area (TPSA) is 30.7 Å². The molecule has 0 saturated carbocycles. The molecule has 1 aromatic heterocycles. The molecule has 1 rings (SSSR count). The van der Waals surface area contributed by atoms with E-state index in [1.807, 2.05) is 16.3 Å². The molecule has 0 fully saturated rings. The molecule has 0 aliphatic heterocycles. The van der Waals surface area contributed by atoms with Crippen molar-refractivity contribution in [3.05, 3.63) is 11.1 Å². The maximum Gasteiger partial charge on any atom is 0.225 e. The number of unbranched alkanes of at least 4 members (excludes halogenated alkanes) is 1. The van der Waals surface area contributed by atoms with Crippen LogP contribution in [-0.4, -0.2) is 26.8 Å². The SMILES string of the molecule is CSCCCCn1c(Cl)nnc1C(C)(C)C. The highest BCUT2D eigenvalue weighted by Gasteiger charge is 2.22. The van der Waals surface area contributed by atoms with Gasteiger partial charge in [-0.15, -0.1) is 10.2 Å². The highest BCUT2D eigenvalue weighted by atomic mass is 35.5. The van der Waals surface area contributed by atoms with Crippen LogP contribution in [0.15, 0.2) is 0 Å². The molecule has 3 nitrogen and oxygen atoms in total. The summed E-state index contributed by atoms with van der Waals surface area (Å²) in [5, 5.41) is 8.63. The lowest BCUT2D eigenvalue weighted by atomic mass is 9.95. The van der Waals surface area contributed by atoms with Gasteiger partial charge >= 0.3 is 0 Å². The van der Waals surface area contributed by atoms with Gasteiger partial charge in [0.25, 0.3) is 0 Å². The zero-order valence-electron chi connectivity index (χ0n) is 10.5. The van der Waals surface area contributed by atoms with Crippen LogP contribution in [0, 0.1) is 0 Å². The Labute approximate surface area is 107 Å². The summed E-state index contributed by atoms with van der Waals surface area (Å²) in [6.07, 6.45) is 4.47. The largest absolute Gasteiger partial charge is 0.301 e. The van der Waals surface area contributed by atoms with Crippen LogP contribution in [0.1, 0.15) is 39.4 Å². The second-order valence-corrected chi connectivity index (χ2v) is 6.22. The summed E-state index contributed by atoms with van der Waals surface area (Å²) in [5.74, 6) is 2.17. The van der Waals surface area contributed by atoms with Crippen molar-refractivity contribution in [3.63, 3.8) is 0 Å². The van der Waals surface area contributed by atoms with Crippen LogP contribution in [0.5, 0.6) is 0 Å². The highest BCUT2D eigenvalue weighted by Crippen LogP contribution is 2.23. The van der Waals surface area contributed by atoms with Gasteiger partial charge in [-0.2, -0.15) is 11.8 Å². The summed E-state index contributed by atoms with van der Waals surface area (Å²) in [6.45, 7) is 7.31. The molecule has 92 valence electrons. The third-order valence-electron chi connectivity index (χ3n) is 2.36. The fraction of sp³-hybridized carbons (Fsp3) is 0.818. The molecule has 0 bridgehead atoms. The van der Waals surface area contributed by atoms with E-state index in [2.05, 4.69) is 37.2 Å². The number of hydrogen-bond donors (Lipinski definition) is 0. The van der Waals surface area contributed by atoms with Crippen molar-refractivity contribution in [2.24, 2.45) is 0 Å². The normalized spacial score (nSPS) is 12.1. The minimum atomic E-state index is -0.000351. The molecule has 0 amide bonds. The van der Waals surface area contributed by atoms with Crippen molar-refractivity contribution in [1.29, 1.82) is 0 Å². The van der Waals surface area contributed by atoms with Gasteiger partial charge < -0.3 is 4.57 Å². The molecule has 0 saturated heterocycles. The van der Waals surface area contributed by atoms with E-state index in [4.69, 9.17) is 11.6 Å². The zero-order valence-corrected chi connectivity index (χ0v) is 12.0. The van der Waals surface area contributed by atoms with Gasteiger partial charge in [0, 0.05) is 12.0 Å². The Kier molecular flexibility index (Phi) is 5.12. The number of nitrogens with zero attached hydrogens (tertiary/aromatic N) is 3. The van der Waals surface area contributed by atoms with Gasteiger partial charge in [-0.1, -0.05) is 20.8 Å². The number of aromatic nitrogens is 3. The second-order valence-electron chi connectivity index (χ2n) is 4.89. The second kappa shape index (κ2) is 5.92. The van der Waals surface area contributed by atoms with Crippen LogP contribution in [0.3, 0.4) is 0 Å². The predicted octanol–water partition coefficient (Wildman–Crippen LogP) is 3.37. The van der Waals surface area contributed by atoms with E-state index >= 15 is 0 Å². The Morgan fingerprint density at radius 2 is 1.94 bits per heavy atom. The van der Waals surface area contributed by atoms with Crippen LogP contribution in [-0.2, 0) is 12.0 Å². The van der Waals surface area contributed by atoms with E-state index in [9.17, 15) is 0 Å². The third kappa shape index (κ3) is 3.67. The lowest BCUT2D eigenvalue weighted by Crippen LogP contribution is -2.19. The maximum atomic E-state index is 6.05. The first-order valence-electron chi connectivity index (χ1n) is 5.55. The van der Waals surface area contributed by atoms with E-state index in [1.54, 1.807) is 0 Å². The fourth-order valence-corrected chi connectivity index (χ4v) is 2.25. The maximum absolute atomic E-state index is 6.05. The third-order valence-corrected chi connectivity index (χ3v) is 3.33.